The SMILES string of the molecule is CCC(CC)(CC)C(=O)Nc1cccc(OC)c1. The van der Waals surface area contributed by atoms with Gasteiger partial charge in [0, 0.05) is 17.2 Å². The molecule has 18 heavy (non-hydrogen) atoms. The number of anilines is 1. The first-order valence-electron chi connectivity index (χ1n) is 6.57. The van der Waals surface area contributed by atoms with Crippen LogP contribution in [0.1, 0.15) is 40.0 Å². The van der Waals surface area contributed by atoms with Gasteiger partial charge in [-0.1, -0.05) is 26.8 Å². The molecule has 3 heteroatoms. The summed E-state index contributed by atoms with van der Waals surface area (Å²) < 4.78 is 5.15. The van der Waals surface area contributed by atoms with Crippen LogP contribution in [0.25, 0.3) is 0 Å². The Kier molecular flexibility index (Phi) is 5.20. The Morgan fingerprint density at radius 1 is 1.22 bits per heavy atom. The van der Waals surface area contributed by atoms with E-state index in [-0.39, 0.29) is 11.3 Å². The molecule has 0 saturated carbocycles. The van der Waals surface area contributed by atoms with Crippen molar-refractivity contribution in [1.82, 2.24) is 0 Å². The summed E-state index contributed by atoms with van der Waals surface area (Å²) in [5, 5.41) is 2.99. The molecule has 1 aromatic carbocycles. The van der Waals surface area contributed by atoms with Crippen LogP contribution in [-0.2, 0) is 4.79 Å². The van der Waals surface area contributed by atoms with Crippen LogP contribution >= 0.6 is 0 Å². The van der Waals surface area contributed by atoms with E-state index in [0.29, 0.717) is 0 Å². The minimum atomic E-state index is -0.261. The van der Waals surface area contributed by atoms with Crippen molar-refractivity contribution in [3.63, 3.8) is 0 Å². The average Bonchev–Trinajstić information content (AvgIpc) is 2.41. The van der Waals surface area contributed by atoms with E-state index < -0.39 is 0 Å². The second-order valence-electron chi connectivity index (χ2n) is 4.53. The smallest absolute Gasteiger partial charge is 0.230 e. The number of amides is 1. The van der Waals surface area contributed by atoms with Crippen molar-refractivity contribution in [2.24, 2.45) is 5.41 Å². The number of carbonyl (C=O) groups is 1. The summed E-state index contributed by atoms with van der Waals surface area (Å²) in [5.41, 5.74) is 0.530. The minimum Gasteiger partial charge on any atom is -0.497 e. The maximum absolute atomic E-state index is 12.4. The molecule has 0 aliphatic carbocycles. The molecule has 3 nitrogen and oxygen atoms in total. The Labute approximate surface area is 110 Å². The molecule has 0 aliphatic heterocycles. The standard InChI is InChI=1S/C15H23NO2/c1-5-15(6-2,7-3)14(17)16-12-9-8-10-13(11-12)18-4/h8-11H,5-7H2,1-4H3,(H,16,17). The van der Waals surface area contributed by atoms with Gasteiger partial charge in [-0.2, -0.15) is 0 Å². The van der Waals surface area contributed by atoms with Crippen LogP contribution in [0, 0.1) is 5.41 Å². The summed E-state index contributed by atoms with van der Waals surface area (Å²) in [4.78, 5) is 12.4. The summed E-state index contributed by atoms with van der Waals surface area (Å²) in [6.07, 6.45) is 2.57. The van der Waals surface area contributed by atoms with Gasteiger partial charge in [-0.25, -0.2) is 0 Å². The van der Waals surface area contributed by atoms with Gasteiger partial charge in [0.05, 0.1) is 7.11 Å². The Hall–Kier alpha value is -1.51. The van der Waals surface area contributed by atoms with Gasteiger partial charge in [0.2, 0.25) is 5.91 Å². The molecule has 0 heterocycles. The number of nitrogens with one attached hydrogen (secondary N) is 1. The molecule has 0 fully saturated rings. The van der Waals surface area contributed by atoms with E-state index in [2.05, 4.69) is 26.1 Å². The quantitative estimate of drug-likeness (QED) is 0.831. The third kappa shape index (κ3) is 3.03. The van der Waals surface area contributed by atoms with E-state index in [4.69, 9.17) is 4.74 Å². The van der Waals surface area contributed by atoms with E-state index in [1.54, 1.807) is 7.11 Å². The van der Waals surface area contributed by atoms with Crippen LogP contribution in [-0.4, -0.2) is 13.0 Å². The molecule has 0 bridgehead atoms. The zero-order valence-corrected chi connectivity index (χ0v) is 11.7. The molecular formula is C15H23NO2. The van der Waals surface area contributed by atoms with Gasteiger partial charge in [-0.05, 0) is 31.4 Å². The fraction of sp³-hybridized carbons (Fsp3) is 0.533. The number of rotatable bonds is 6. The molecule has 1 aromatic rings. The molecule has 0 aliphatic rings. The van der Waals surface area contributed by atoms with E-state index in [1.807, 2.05) is 24.3 Å². The molecule has 1 rings (SSSR count). The number of methoxy groups -OCH3 is 1. The fourth-order valence-corrected chi connectivity index (χ4v) is 2.20. The Morgan fingerprint density at radius 2 is 1.83 bits per heavy atom. The van der Waals surface area contributed by atoms with Crippen molar-refractivity contribution in [3.05, 3.63) is 24.3 Å². The summed E-state index contributed by atoms with van der Waals surface area (Å²) in [6, 6.07) is 7.46. The molecular weight excluding hydrogens is 226 g/mol. The number of carbonyl (C=O) groups excluding carboxylic acids is 1. The number of hydrogen-bond donors (Lipinski definition) is 1. The van der Waals surface area contributed by atoms with Crippen molar-refractivity contribution in [1.29, 1.82) is 0 Å². The highest BCUT2D eigenvalue weighted by atomic mass is 16.5. The maximum Gasteiger partial charge on any atom is 0.230 e. The molecule has 0 atom stereocenters. The van der Waals surface area contributed by atoms with Crippen molar-refractivity contribution >= 4 is 11.6 Å². The van der Waals surface area contributed by atoms with E-state index in [1.165, 1.54) is 0 Å². The molecule has 0 aromatic heterocycles. The van der Waals surface area contributed by atoms with Gasteiger partial charge in [-0.3, -0.25) is 4.79 Å². The monoisotopic (exact) mass is 249 g/mol. The van der Waals surface area contributed by atoms with Gasteiger partial charge in [0.1, 0.15) is 5.75 Å². The van der Waals surface area contributed by atoms with Crippen LogP contribution < -0.4 is 10.1 Å². The highest BCUT2D eigenvalue weighted by Crippen LogP contribution is 2.32. The first-order chi connectivity index (χ1) is 8.61. The average molecular weight is 249 g/mol. The lowest BCUT2D eigenvalue weighted by molar-refractivity contribution is -0.126. The maximum atomic E-state index is 12.4. The van der Waals surface area contributed by atoms with Crippen LogP contribution in [0.2, 0.25) is 0 Å². The van der Waals surface area contributed by atoms with E-state index in [9.17, 15) is 4.79 Å². The first-order valence-corrected chi connectivity index (χ1v) is 6.57. The van der Waals surface area contributed by atoms with Gasteiger partial charge < -0.3 is 10.1 Å². The molecule has 0 unspecified atom stereocenters. The Balaban J connectivity index is 2.85. The largest absolute Gasteiger partial charge is 0.497 e. The van der Waals surface area contributed by atoms with Crippen LogP contribution in [0.3, 0.4) is 0 Å². The third-order valence-electron chi connectivity index (χ3n) is 3.84. The second kappa shape index (κ2) is 6.43. The molecule has 0 spiro atoms. The van der Waals surface area contributed by atoms with Crippen LogP contribution in [0.5, 0.6) is 5.75 Å². The van der Waals surface area contributed by atoms with Crippen LogP contribution in [0.4, 0.5) is 5.69 Å². The lowest BCUT2D eigenvalue weighted by Gasteiger charge is -2.28. The lowest BCUT2D eigenvalue weighted by Crippen LogP contribution is -2.34. The van der Waals surface area contributed by atoms with Gasteiger partial charge >= 0.3 is 0 Å². The Bertz CT molecular complexity index is 389. The van der Waals surface area contributed by atoms with E-state index >= 15 is 0 Å². The lowest BCUT2D eigenvalue weighted by atomic mass is 9.79. The molecule has 100 valence electrons. The zero-order chi connectivity index (χ0) is 13.6. The van der Waals surface area contributed by atoms with Gasteiger partial charge in [0.25, 0.3) is 0 Å². The second-order valence-corrected chi connectivity index (χ2v) is 4.53. The normalized spacial score (nSPS) is 11.1. The van der Waals surface area contributed by atoms with E-state index in [0.717, 1.165) is 30.7 Å². The van der Waals surface area contributed by atoms with Crippen molar-refractivity contribution in [2.75, 3.05) is 12.4 Å². The van der Waals surface area contributed by atoms with Gasteiger partial charge in [0.15, 0.2) is 0 Å². The Morgan fingerprint density at radius 3 is 2.33 bits per heavy atom. The first kappa shape index (κ1) is 14.6. The van der Waals surface area contributed by atoms with Crippen molar-refractivity contribution in [2.45, 2.75) is 40.0 Å². The molecule has 1 N–H and O–H groups in total. The topological polar surface area (TPSA) is 38.3 Å². The summed E-state index contributed by atoms with van der Waals surface area (Å²) in [7, 11) is 1.62. The third-order valence-corrected chi connectivity index (χ3v) is 3.84. The number of ether oxygens (including phenoxy) is 1. The zero-order valence-electron chi connectivity index (χ0n) is 11.7. The summed E-state index contributed by atoms with van der Waals surface area (Å²) in [6.45, 7) is 6.20. The van der Waals surface area contributed by atoms with Crippen molar-refractivity contribution in [3.8, 4) is 5.75 Å². The molecule has 0 radical (unpaired) electrons. The van der Waals surface area contributed by atoms with Gasteiger partial charge in [-0.15, -0.1) is 0 Å². The molecule has 0 saturated heterocycles. The predicted octanol–water partition coefficient (Wildman–Crippen LogP) is 3.85. The predicted molar refractivity (Wildman–Crippen MR) is 74.9 cm³/mol. The van der Waals surface area contributed by atoms with Crippen molar-refractivity contribution < 1.29 is 9.53 Å². The highest BCUT2D eigenvalue weighted by Gasteiger charge is 2.32. The minimum absolute atomic E-state index is 0.100. The fourth-order valence-electron chi connectivity index (χ4n) is 2.20. The number of benzene rings is 1. The highest BCUT2D eigenvalue weighted by molar-refractivity contribution is 5.95. The number of hydrogen-bond acceptors (Lipinski definition) is 2. The molecule has 1 amide bonds. The van der Waals surface area contributed by atoms with Crippen LogP contribution in [0.15, 0.2) is 24.3 Å². The summed E-state index contributed by atoms with van der Waals surface area (Å²) >= 11 is 0. The summed E-state index contributed by atoms with van der Waals surface area (Å²) in [5.74, 6) is 0.853.